The van der Waals surface area contributed by atoms with Crippen LogP contribution in [0.25, 0.3) is 0 Å². The molecular formula is C8H9ClFN. The second kappa shape index (κ2) is 3.09. The highest BCUT2D eigenvalue weighted by molar-refractivity contribution is 6.33. The first-order chi connectivity index (χ1) is 5.15. The maximum absolute atomic E-state index is 12.8. The van der Waals surface area contributed by atoms with E-state index in [1.54, 1.807) is 20.0 Å². The van der Waals surface area contributed by atoms with Gasteiger partial charge in [0.1, 0.15) is 5.82 Å². The molecule has 0 saturated heterocycles. The van der Waals surface area contributed by atoms with Crippen LogP contribution in [0.1, 0.15) is 5.56 Å². The standard InChI is InChI=1S/C8H9ClFN/c1-5-3-6(9)8(11-2)4-7(5)10/h3-4,11H,1-2H3. The summed E-state index contributed by atoms with van der Waals surface area (Å²) in [6, 6.07) is 2.99. The fourth-order valence-electron chi connectivity index (χ4n) is 0.838. The Bertz CT molecular complexity index is 273. The topological polar surface area (TPSA) is 12.0 Å². The number of rotatable bonds is 1. The smallest absolute Gasteiger partial charge is 0.128 e. The molecule has 0 unspecified atom stereocenters. The predicted molar refractivity (Wildman–Crippen MR) is 45.7 cm³/mol. The van der Waals surface area contributed by atoms with Crippen molar-refractivity contribution in [2.45, 2.75) is 6.92 Å². The number of halogens is 2. The quantitative estimate of drug-likeness (QED) is 0.689. The van der Waals surface area contributed by atoms with E-state index in [4.69, 9.17) is 11.6 Å². The zero-order valence-electron chi connectivity index (χ0n) is 6.41. The van der Waals surface area contributed by atoms with Crippen molar-refractivity contribution in [3.63, 3.8) is 0 Å². The molecule has 1 nitrogen and oxygen atoms in total. The Labute approximate surface area is 70.2 Å². The fourth-order valence-corrected chi connectivity index (χ4v) is 1.15. The molecule has 60 valence electrons. The average molecular weight is 174 g/mol. The van der Waals surface area contributed by atoms with Gasteiger partial charge in [0, 0.05) is 7.05 Å². The van der Waals surface area contributed by atoms with Gasteiger partial charge in [-0.3, -0.25) is 0 Å². The molecule has 0 saturated carbocycles. The Morgan fingerprint density at radius 1 is 1.45 bits per heavy atom. The first-order valence-electron chi connectivity index (χ1n) is 3.28. The molecule has 0 aliphatic heterocycles. The summed E-state index contributed by atoms with van der Waals surface area (Å²) in [5, 5.41) is 3.34. The number of benzene rings is 1. The predicted octanol–water partition coefficient (Wildman–Crippen LogP) is 2.83. The van der Waals surface area contributed by atoms with Crippen LogP contribution < -0.4 is 5.32 Å². The van der Waals surface area contributed by atoms with Gasteiger partial charge in [-0.05, 0) is 24.6 Å². The monoisotopic (exact) mass is 173 g/mol. The summed E-state index contributed by atoms with van der Waals surface area (Å²) in [6.07, 6.45) is 0. The van der Waals surface area contributed by atoms with Crippen LogP contribution in [0.4, 0.5) is 10.1 Å². The molecule has 1 aromatic rings. The molecule has 0 aliphatic rings. The van der Waals surface area contributed by atoms with Crippen LogP contribution in [-0.2, 0) is 0 Å². The highest BCUT2D eigenvalue weighted by Crippen LogP contribution is 2.24. The van der Waals surface area contributed by atoms with Crippen molar-refractivity contribution >= 4 is 17.3 Å². The van der Waals surface area contributed by atoms with Crippen LogP contribution >= 0.6 is 11.6 Å². The maximum Gasteiger partial charge on any atom is 0.128 e. The van der Waals surface area contributed by atoms with Crippen LogP contribution in [-0.4, -0.2) is 7.05 Å². The molecular weight excluding hydrogens is 165 g/mol. The van der Waals surface area contributed by atoms with Crippen LogP contribution in [0.5, 0.6) is 0 Å². The van der Waals surface area contributed by atoms with E-state index in [9.17, 15) is 4.39 Å². The van der Waals surface area contributed by atoms with E-state index < -0.39 is 0 Å². The number of anilines is 1. The summed E-state index contributed by atoms with van der Waals surface area (Å²) in [5.41, 5.74) is 1.18. The molecule has 11 heavy (non-hydrogen) atoms. The van der Waals surface area contributed by atoms with E-state index >= 15 is 0 Å². The lowest BCUT2D eigenvalue weighted by molar-refractivity contribution is 0.619. The van der Waals surface area contributed by atoms with Gasteiger partial charge in [-0.25, -0.2) is 4.39 Å². The van der Waals surface area contributed by atoms with E-state index in [2.05, 4.69) is 5.32 Å². The van der Waals surface area contributed by atoms with Crippen molar-refractivity contribution < 1.29 is 4.39 Å². The minimum Gasteiger partial charge on any atom is -0.387 e. The van der Waals surface area contributed by atoms with Gasteiger partial charge in [-0.1, -0.05) is 11.6 Å². The van der Waals surface area contributed by atoms with Crippen molar-refractivity contribution in [3.8, 4) is 0 Å². The van der Waals surface area contributed by atoms with Crippen LogP contribution in [0.15, 0.2) is 12.1 Å². The van der Waals surface area contributed by atoms with Gasteiger partial charge in [-0.15, -0.1) is 0 Å². The fraction of sp³-hybridized carbons (Fsp3) is 0.250. The second-order valence-electron chi connectivity index (χ2n) is 2.33. The Balaban J connectivity index is 3.21. The summed E-state index contributed by atoms with van der Waals surface area (Å²) >= 11 is 5.77. The molecule has 0 aromatic heterocycles. The third-order valence-corrected chi connectivity index (χ3v) is 1.83. The lowest BCUT2D eigenvalue weighted by Crippen LogP contribution is -1.91. The Kier molecular flexibility index (Phi) is 2.35. The zero-order valence-corrected chi connectivity index (χ0v) is 7.17. The molecule has 0 heterocycles. The number of aryl methyl sites for hydroxylation is 1. The molecule has 0 fully saturated rings. The van der Waals surface area contributed by atoms with E-state index in [1.807, 2.05) is 0 Å². The molecule has 0 spiro atoms. The van der Waals surface area contributed by atoms with Crippen molar-refractivity contribution in [2.75, 3.05) is 12.4 Å². The Hall–Kier alpha value is -0.760. The van der Waals surface area contributed by atoms with E-state index in [1.165, 1.54) is 6.07 Å². The summed E-state index contributed by atoms with van der Waals surface area (Å²) < 4.78 is 12.8. The first kappa shape index (κ1) is 8.34. The van der Waals surface area contributed by atoms with Crippen molar-refractivity contribution in [1.29, 1.82) is 0 Å². The number of hydrogen-bond acceptors (Lipinski definition) is 1. The summed E-state index contributed by atoms with van der Waals surface area (Å²) in [4.78, 5) is 0. The molecule has 1 aromatic carbocycles. The summed E-state index contributed by atoms with van der Waals surface area (Å²) in [6.45, 7) is 1.68. The van der Waals surface area contributed by atoms with Gasteiger partial charge in [0.15, 0.2) is 0 Å². The van der Waals surface area contributed by atoms with Gasteiger partial charge >= 0.3 is 0 Å². The minimum absolute atomic E-state index is 0.237. The van der Waals surface area contributed by atoms with Crippen LogP contribution in [0.3, 0.4) is 0 Å². The average Bonchev–Trinajstić information content (AvgIpc) is 1.97. The van der Waals surface area contributed by atoms with E-state index in [0.717, 1.165) is 0 Å². The van der Waals surface area contributed by atoms with Crippen molar-refractivity contribution in [3.05, 3.63) is 28.5 Å². The third kappa shape index (κ3) is 1.63. The number of hydrogen-bond donors (Lipinski definition) is 1. The lowest BCUT2D eigenvalue weighted by Gasteiger charge is -2.04. The maximum atomic E-state index is 12.8. The lowest BCUT2D eigenvalue weighted by atomic mass is 10.2. The van der Waals surface area contributed by atoms with Gasteiger partial charge in [-0.2, -0.15) is 0 Å². The first-order valence-corrected chi connectivity index (χ1v) is 3.66. The third-order valence-electron chi connectivity index (χ3n) is 1.52. The van der Waals surface area contributed by atoms with Gasteiger partial charge < -0.3 is 5.32 Å². The van der Waals surface area contributed by atoms with Crippen LogP contribution in [0, 0.1) is 12.7 Å². The molecule has 0 radical (unpaired) electrons. The summed E-state index contributed by atoms with van der Waals surface area (Å²) in [5.74, 6) is -0.237. The largest absolute Gasteiger partial charge is 0.387 e. The van der Waals surface area contributed by atoms with E-state index in [-0.39, 0.29) is 5.82 Å². The highest BCUT2D eigenvalue weighted by Gasteiger charge is 2.02. The van der Waals surface area contributed by atoms with Gasteiger partial charge in [0.05, 0.1) is 10.7 Å². The normalized spacial score (nSPS) is 9.82. The van der Waals surface area contributed by atoms with E-state index in [0.29, 0.717) is 16.3 Å². The highest BCUT2D eigenvalue weighted by atomic mass is 35.5. The van der Waals surface area contributed by atoms with Crippen molar-refractivity contribution in [1.82, 2.24) is 0 Å². The molecule has 1 rings (SSSR count). The Morgan fingerprint density at radius 2 is 2.09 bits per heavy atom. The SMILES string of the molecule is CNc1cc(F)c(C)cc1Cl. The van der Waals surface area contributed by atoms with Gasteiger partial charge in [0.25, 0.3) is 0 Å². The van der Waals surface area contributed by atoms with Crippen LogP contribution in [0.2, 0.25) is 5.02 Å². The molecule has 3 heteroatoms. The molecule has 0 amide bonds. The number of nitrogens with one attached hydrogen (secondary N) is 1. The Morgan fingerprint density at radius 3 is 2.64 bits per heavy atom. The summed E-state index contributed by atoms with van der Waals surface area (Å²) in [7, 11) is 1.70. The van der Waals surface area contributed by atoms with Crippen molar-refractivity contribution in [2.24, 2.45) is 0 Å². The molecule has 0 aliphatic carbocycles. The zero-order chi connectivity index (χ0) is 8.43. The van der Waals surface area contributed by atoms with Gasteiger partial charge in [0.2, 0.25) is 0 Å². The second-order valence-corrected chi connectivity index (χ2v) is 2.74. The molecule has 0 bridgehead atoms. The minimum atomic E-state index is -0.237. The molecule has 1 N–H and O–H groups in total. The molecule has 0 atom stereocenters.